The number of nitrogens with zero attached hydrogens (tertiary/aromatic N) is 2. The van der Waals surface area contributed by atoms with Crippen LogP contribution in [0.4, 0.5) is 0 Å². The topological polar surface area (TPSA) is 114 Å². The van der Waals surface area contributed by atoms with Crippen molar-refractivity contribution in [3.8, 4) is 0 Å². The summed E-state index contributed by atoms with van der Waals surface area (Å²) in [6, 6.07) is 5.78. The van der Waals surface area contributed by atoms with E-state index in [2.05, 4.69) is 56.1 Å². The minimum atomic E-state index is -4.27. The van der Waals surface area contributed by atoms with Gasteiger partial charge in [-0.2, -0.15) is 0 Å². The van der Waals surface area contributed by atoms with Crippen molar-refractivity contribution in [1.29, 1.82) is 0 Å². The Morgan fingerprint density at radius 3 is 1.10 bits per heavy atom. The lowest BCUT2D eigenvalue weighted by Gasteiger charge is -2.23. The van der Waals surface area contributed by atoms with Crippen molar-refractivity contribution in [2.24, 2.45) is 0 Å². The van der Waals surface area contributed by atoms with E-state index < -0.39 is 20.2 Å². The summed E-state index contributed by atoms with van der Waals surface area (Å²) in [5.74, 6) is 0. The Labute approximate surface area is 248 Å². The SMILES string of the molecule is CCCCCCCC[N+](C)(C)C.CCCCCCCC[N+](C)(C)C.CS(=O)(=O)[O-].Cc1ccc(S(=O)(=O)[O-])cc1. The Hall–Kier alpha value is -1.04. The van der Waals surface area contributed by atoms with Crippen molar-refractivity contribution in [3.63, 3.8) is 0 Å². The predicted octanol–water partition coefficient (Wildman–Crippen LogP) is 6.17. The van der Waals surface area contributed by atoms with Crippen LogP contribution in [0, 0.1) is 6.92 Å². The van der Waals surface area contributed by atoms with Crippen LogP contribution in [-0.2, 0) is 20.2 Å². The molecule has 240 valence electrons. The zero-order valence-corrected chi connectivity index (χ0v) is 29.0. The monoisotopic (exact) mass is 610 g/mol. The van der Waals surface area contributed by atoms with E-state index >= 15 is 0 Å². The van der Waals surface area contributed by atoms with Crippen LogP contribution in [0.25, 0.3) is 0 Å². The van der Waals surface area contributed by atoms with E-state index in [1.165, 1.54) is 102 Å². The average Bonchev–Trinajstić information content (AvgIpc) is 2.77. The first kappa shape index (κ1) is 43.4. The van der Waals surface area contributed by atoms with Gasteiger partial charge >= 0.3 is 0 Å². The molecule has 1 aromatic rings. The van der Waals surface area contributed by atoms with Crippen molar-refractivity contribution in [1.82, 2.24) is 0 Å². The van der Waals surface area contributed by atoms with Crippen LogP contribution in [0.2, 0.25) is 0 Å². The summed E-state index contributed by atoms with van der Waals surface area (Å²) < 4.78 is 60.6. The van der Waals surface area contributed by atoms with Crippen molar-refractivity contribution >= 4 is 20.2 Å². The van der Waals surface area contributed by atoms with Crippen molar-refractivity contribution in [3.05, 3.63) is 29.8 Å². The molecule has 40 heavy (non-hydrogen) atoms. The van der Waals surface area contributed by atoms with E-state index in [9.17, 15) is 13.0 Å². The van der Waals surface area contributed by atoms with E-state index in [1.807, 2.05) is 6.92 Å². The van der Waals surface area contributed by atoms with E-state index in [0.717, 1.165) is 14.5 Å². The Balaban J connectivity index is -0.000000473. The number of benzene rings is 1. The second kappa shape index (κ2) is 23.5. The second-order valence-electron chi connectivity index (χ2n) is 12.5. The van der Waals surface area contributed by atoms with E-state index in [1.54, 1.807) is 12.1 Å². The highest BCUT2D eigenvalue weighted by molar-refractivity contribution is 7.85. The molecule has 8 nitrogen and oxygen atoms in total. The number of hydrogen-bond donors (Lipinski definition) is 0. The minimum Gasteiger partial charge on any atom is -0.748 e. The van der Waals surface area contributed by atoms with Crippen molar-refractivity contribution in [2.75, 3.05) is 61.6 Å². The van der Waals surface area contributed by atoms with Crippen LogP contribution in [0.3, 0.4) is 0 Å². The van der Waals surface area contributed by atoms with Gasteiger partial charge in [-0.05, 0) is 44.7 Å². The van der Waals surface area contributed by atoms with Crippen LogP contribution in [0.15, 0.2) is 29.2 Å². The molecule has 0 saturated heterocycles. The second-order valence-corrected chi connectivity index (χ2v) is 15.3. The molecule has 0 spiro atoms. The summed E-state index contributed by atoms with van der Waals surface area (Å²) in [7, 11) is 5.43. The summed E-state index contributed by atoms with van der Waals surface area (Å²) in [6.45, 7) is 9.01. The highest BCUT2D eigenvalue weighted by atomic mass is 32.2. The first-order valence-electron chi connectivity index (χ1n) is 14.7. The van der Waals surface area contributed by atoms with Gasteiger partial charge in [-0.1, -0.05) is 82.9 Å². The molecule has 0 bridgehead atoms. The molecule has 10 heteroatoms. The van der Waals surface area contributed by atoms with E-state index in [4.69, 9.17) is 13.0 Å². The number of quaternary nitrogens is 2. The Bertz CT molecular complexity index is 884. The zero-order valence-electron chi connectivity index (χ0n) is 27.4. The quantitative estimate of drug-likeness (QED) is 0.133. The molecule has 0 aliphatic rings. The normalized spacial score (nSPS) is 11.8. The summed E-state index contributed by atoms with van der Waals surface area (Å²) in [5.41, 5.74) is 0.928. The largest absolute Gasteiger partial charge is 0.748 e. The van der Waals surface area contributed by atoms with Gasteiger partial charge in [0.25, 0.3) is 0 Å². The van der Waals surface area contributed by atoms with E-state index in [0.29, 0.717) is 6.26 Å². The first-order chi connectivity index (χ1) is 18.1. The van der Waals surface area contributed by atoms with Crippen LogP contribution in [0.1, 0.15) is 96.5 Å². The Kier molecular flexibility index (Phi) is 25.5. The summed E-state index contributed by atoms with van der Waals surface area (Å²) in [4.78, 5) is -0.178. The molecule has 0 heterocycles. The highest BCUT2D eigenvalue weighted by Gasteiger charge is 2.05. The molecular formula is C30H62N2O6S2. The molecule has 0 aromatic heterocycles. The third-order valence-electron chi connectivity index (χ3n) is 5.67. The summed E-state index contributed by atoms with van der Waals surface area (Å²) >= 11 is 0. The van der Waals surface area contributed by atoms with Gasteiger partial charge in [-0.3, -0.25) is 0 Å². The fourth-order valence-corrected chi connectivity index (χ4v) is 3.91. The smallest absolute Gasteiger partial charge is 0.124 e. The van der Waals surface area contributed by atoms with Gasteiger partial charge in [0.15, 0.2) is 0 Å². The lowest BCUT2D eigenvalue weighted by Crippen LogP contribution is -2.35. The maximum absolute atomic E-state index is 10.4. The maximum atomic E-state index is 10.4. The number of rotatable bonds is 15. The van der Waals surface area contributed by atoms with Gasteiger partial charge in [0.1, 0.15) is 10.1 Å². The first-order valence-corrected chi connectivity index (χ1v) is 17.9. The lowest BCUT2D eigenvalue weighted by molar-refractivity contribution is -0.870. The Morgan fingerprint density at radius 1 is 0.575 bits per heavy atom. The van der Waals surface area contributed by atoms with Gasteiger partial charge < -0.3 is 18.1 Å². The molecule has 0 radical (unpaired) electrons. The molecule has 0 fully saturated rings. The lowest BCUT2D eigenvalue weighted by atomic mass is 10.1. The molecular weight excluding hydrogens is 548 g/mol. The molecule has 0 aliphatic carbocycles. The standard InChI is InChI=1S/2C11H26N.C7H8O3S.CH4O3S/c2*1-5-6-7-8-9-10-11-12(2,3)4;1-6-2-4-7(5-3-6)11(8,9)10;1-5(2,3)4/h2*5-11H2,1-4H3;2-5H,1H3,(H,8,9,10);1H3,(H,2,3,4)/q2*+1;;/p-2. The van der Waals surface area contributed by atoms with Crippen LogP contribution < -0.4 is 0 Å². The molecule has 1 aromatic carbocycles. The molecule has 1 rings (SSSR count). The molecule has 0 unspecified atom stereocenters. The summed E-state index contributed by atoms with van der Waals surface area (Å²) in [5, 5.41) is 0. The van der Waals surface area contributed by atoms with Gasteiger partial charge in [-0.15, -0.1) is 0 Å². The predicted molar refractivity (Wildman–Crippen MR) is 167 cm³/mol. The maximum Gasteiger partial charge on any atom is 0.124 e. The summed E-state index contributed by atoms with van der Waals surface area (Å²) in [6.07, 6.45) is 17.6. The van der Waals surface area contributed by atoms with Crippen LogP contribution in [-0.4, -0.2) is 96.5 Å². The minimum absolute atomic E-state index is 0.178. The molecule has 0 aliphatic heterocycles. The average molecular weight is 611 g/mol. The molecule has 0 saturated carbocycles. The molecule has 0 amide bonds. The van der Waals surface area contributed by atoms with Gasteiger partial charge in [0, 0.05) is 6.26 Å². The van der Waals surface area contributed by atoms with Gasteiger partial charge in [-0.25, -0.2) is 16.8 Å². The third-order valence-corrected chi connectivity index (χ3v) is 6.52. The van der Waals surface area contributed by atoms with Gasteiger partial charge in [0.05, 0.1) is 70.4 Å². The van der Waals surface area contributed by atoms with Crippen LogP contribution in [0.5, 0.6) is 0 Å². The third kappa shape index (κ3) is 44.0. The number of aryl methyl sites for hydroxylation is 1. The van der Waals surface area contributed by atoms with Gasteiger partial charge in [0.2, 0.25) is 0 Å². The van der Waals surface area contributed by atoms with E-state index in [-0.39, 0.29) is 4.90 Å². The zero-order chi connectivity index (χ0) is 31.9. The van der Waals surface area contributed by atoms with Crippen molar-refractivity contribution in [2.45, 2.75) is 103 Å². The van der Waals surface area contributed by atoms with Crippen LogP contribution >= 0.6 is 0 Å². The van der Waals surface area contributed by atoms with Crippen molar-refractivity contribution < 1.29 is 34.9 Å². The Morgan fingerprint density at radius 2 is 0.850 bits per heavy atom. The fraction of sp³-hybridized carbons (Fsp3) is 0.800. The highest BCUT2D eigenvalue weighted by Crippen LogP contribution is 2.09. The molecule has 0 atom stereocenters. The fourth-order valence-electron chi connectivity index (χ4n) is 3.44. The number of hydrogen-bond acceptors (Lipinski definition) is 6. The molecule has 0 N–H and O–H groups in total. The number of unbranched alkanes of at least 4 members (excludes halogenated alkanes) is 10.